The molecule has 0 amide bonds. The van der Waals surface area contributed by atoms with E-state index in [2.05, 4.69) is 31.5 Å². The zero-order valence-corrected chi connectivity index (χ0v) is 15.7. The fourth-order valence-corrected chi connectivity index (χ4v) is 4.93. The lowest BCUT2D eigenvalue weighted by Crippen LogP contribution is -2.42. The first-order valence-electron chi connectivity index (χ1n) is 10.1. The number of anilines is 2. The summed E-state index contributed by atoms with van der Waals surface area (Å²) < 4.78 is 2.17. The summed E-state index contributed by atoms with van der Waals surface area (Å²) in [6.07, 6.45) is 10.6. The molecule has 3 aliphatic rings. The third kappa shape index (κ3) is 2.32. The lowest BCUT2D eigenvalue weighted by molar-refractivity contribution is 0.468. The third-order valence-electron chi connectivity index (χ3n) is 6.20. The summed E-state index contributed by atoms with van der Waals surface area (Å²) >= 11 is 0. The molecule has 0 bridgehead atoms. The average Bonchev–Trinajstić information content (AvgIpc) is 3.42. The fraction of sp³-hybridized carbons (Fsp3) is 0.684. The number of rotatable bonds is 3. The van der Waals surface area contributed by atoms with Gasteiger partial charge in [0, 0.05) is 19.1 Å². The molecule has 2 fully saturated rings. The molecule has 2 aliphatic heterocycles. The second-order valence-corrected chi connectivity index (χ2v) is 7.78. The molecule has 2 aromatic rings. The molecule has 1 atom stereocenters. The summed E-state index contributed by atoms with van der Waals surface area (Å²) in [6, 6.07) is 0.791. The van der Waals surface area contributed by atoms with Gasteiger partial charge in [-0.25, -0.2) is 4.98 Å². The highest BCUT2D eigenvalue weighted by molar-refractivity contribution is 5.64. The van der Waals surface area contributed by atoms with Crippen LogP contribution in [0.15, 0.2) is 6.20 Å². The number of hydrogen-bond acceptors (Lipinski definition) is 6. The van der Waals surface area contributed by atoms with Gasteiger partial charge in [0.15, 0.2) is 11.6 Å². The van der Waals surface area contributed by atoms with E-state index < -0.39 is 0 Å². The molecule has 2 aromatic heterocycles. The number of fused-ring (bicyclic) bond motifs is 3. The summed E-state index contributed by atoms with van der Waals surface area (Å²) in [5, 5.41) is 8.91. The Labute approximate surface area is 154 Å². The van der Waals surface area contributed by atoms with Crippen LogP contribution in [0.3, 0.4) is 0 Å². The highest BCUT2D eigenvalue weighted by atomic mass is 15.4. The predicted octanol–water partition coefficient (Wildman–Crippen LogP) is 3.18. The maximum absolute atomic E-state index is 5.10. The minimum absolute atomic E-state index is 0.244. The van der Waals surface area contributed by atoms with Gasteiger partial charge in [0.1, 0.15) is 11.5 Å². The van der Waals surface area contributed by atoms with Crippen LogP contribution >= 0.6 is 0 Å². The van der Waals surface area contributed by atoms with Crippen molar-refractivity contribution in [1.29, 1.82) is 0 Å². The Morgan fingerprint density at radius 2 is 1.85 bits per heavy atom. The molecular formula is C19H27N7. The molecule has 138 valence electrons. The lowest BCUT2D eigenvalue weighted by atomic mass is 10.0. The van der Waals surface area contributed by atoms with E-state index in [-0.39, 0.29) is 6.04 Å². The molecule has 26 heavy (non-hydrogen) atoms. The maximum Gasteiger partial charge on any atom is 0.227 e. The normalized spacial score (nSPS) is 22.8. The van der Waals surface area contributed by atoms with E-state index in [9.17, 15) is 0 Å². The van der Waals surface area contributed by atoms with Crippen LogP contribution in [0.25, 0.3) is 5.69 Å². The van der Waals surface area contributed by atoms with E-state index in [0.29, 0.717) is 6.04 Å². The van der Waals surface area contributed by atoms with Crippen LogP contribution in [-0.2, 0) is 0 Å². The zero-order valence-electron chi connectivity index (χ0n) is 15.7. The van der Waals surface area contributed by atoms with Gasteiger partial charge in [-0.2, -0.15) is 4.98 Å². The van der Waals surface area contributed by atoms with Crippen molar-refractivity contribution in [1.82, 2.24) is 24.7 Å². The van der Waals surface area contributed by atoms with Crippen molar-refractivity contribution in [2.24, 2.45) is 0 Å². The van der Waals surface area contributed by atoms with Crippen LogP contribution in [0.5, 0.6) is 0 Å². The molecule has 5 rings (SSSR count). The first kappa shape index (κ1) is 16.0. The summed E-state index contributed by atoms with van der Waals surface area (Å²) in [5.74, 6) is 3.93. The van der Waals surface area contributed by atoms with E-state index in [1.54, 1.807) is 0 Å². The van der Waals surface area contributed by atoms with Crippen LogP contribution in [0.4, 0.5) is 11.8 Å². The standard InChI is InChI=1S/C19H27N7/c1-3-15-18-23-22-13(2)25(18)16-12-20-19(24-10-6-7-11-24)21-17(16)26(15)14-8-4-5-9-14/h12,14-15H,3-11H2,1-2H3. The van der Waals surface area contributed by atoms with Crippen LogP contribution in [0.2, 0.25) is 0 Å². The highest BCUT2D eigenvalue weighted by Crippen LogP contribution is 2.43. The topological polar surface area (TPSA) is 63.0 Å². The Morgan fingerprint density at radius 1 is 1.08 bits per heavy atom. The summed E-state index contributed by atoms with van der Waals surface area (Å²) in [7, 11) is 0. The first-order chi connectivity index (χ1) is 12.8. The third-order valence-corrected chi connectivity index (χ3v) is 6.20. The van der Waals surface area contributed by atoms with E-state index in [1.807, 2.05) is 13.1 Å². The van der Waals surface area contributed by atoms with Crippen LogP contribution in [0, 0.1) is 6.92 Å². The predicted molar refractivity (Wildman–Crippen MR) is 101 cm³/mol. The Kier molecular flexibility index (Phi) is 3.83. The number of aromatic nitrogens is 5. The Hall–Kier alpha value is -2.18. The molecule has 0 radical (unpaired) electrons. The first-order valence-corrected chi connectivity index (χ1v) is 10.1. The van der Waals surface area contributed by atoms with Gasteiger partial charge in [0.25, 0.3) is 0 Å². The molecule has 7 nitrogen and oxygen atoms in total. The zero-order chi connectivity index (χ0) is 17.7. The molecule has 1 saturated carbocycles. The maximum atomic E-state index is 5.10. The number of aryl methyl sites for hydroxylation is 1. The lowest BCUT2D eigenvalue weighted by Gasteiger charge is -2.41. The molecule has 0 N–H and O–H groups in total. The van der Waals surface area contributed by atoms with E-state index in [0.717, 1.165) is 48.6 Å². The Morgan fingerprint density at radius 3 is 2.58 bits per heavy atom. The van der Waals surface area contributed by atoms with Crippen LogP contribution in [0.1, 0.15) is 69.6 Å². The Balaban J connectivity index is 1.67. The molecule has 4 heterocycles. The number of hydrogen-bond donors (Lipinski definition) is 0. The largest absolute Gasteiger partial charge is 0.341 e. The van der Waals surface area contributed by atoms with E-state index in [1.165, 1.54) is 38.5 Å². The second-order valence-electron chi connectivity index (χ2n) is 7.78. The van der Waals surface area contributed by atoms with Gasteiger partial charge in [-0.1, -0.05) is 19.8 Å². The van der Waals surface area contributed by atoms with Gasteiger partial charge >= 0.3 is 0 Å². The summed E-state index contributed by atoms with van der Waals surface area (Å²) in [6.45, 7) is 6.40. The van der Waals surface area contributed by atoms with Gasteiger partial charge in [-0.15, -0.1) is 10.2 Å². The van der Waals surface area contributed by atoms with E-state index >= 15 is 0 Å². The number of nitrogens with zero attached hydrogens (tertiary/aromatic N) is 7. The molecule has 7 heteroatoms. The SMILES string of the molecule is CCC1c2nnc(C)n2-c2cnc(N3CCCC3)nc2N1C1CCCC1. The quantitative estimate of drug-likeness (QED) is 0.844. The van der Waals surface area contributed by atoms with Crippen molar-refractivity contribution >= 4 is 11.8 Å². The van der Waals surface area contributed by atoms with Crippen LogP contribution < -0.4 is 9.80 Å². The fourth-order valence-electron chi connectivity index (χ4n) is 4.93. The van der Waals surface area contributed by atoms with Gasteiger partial charge < -0.3 is 9.80 Å². The molecular weight excluding hydrogens is 326 g/mol. The molecule has 0 aromatic carbocycles. The van der Waals surface area contributed by atoms with Crippen molar-refractivity contribution in [3.05, 3.63) is 17.8 Å². The molecule has 1 aliphatic carbocycles. The van der Waals surface area contributed by atoms with Gasteiger partial charge in [0.2, 0.25) is 5.95 Å². The van der Waals surface area contributed by atoms with Crippen molar-refractivity contribution < 1.29 is 0 Å². The molecule has 0 spiro atoms. The highest BCUT2D eigenvalue weighted by Gasteiger charge is 2.39. The summed E-state index contributed by atoms with van der Waals surface area (Å²) in [5.41, 5.74) is 1.04. The smallest absolute Gasteiger partial charge is 0.227 e. The van der Waals surface area contributed by atoms with Crippen LogP contribution in [-0.4, -0.2) is 43.9 Å². The second kappa shape index (κ2) is 6.21. The summed E-state index contributed by atoms with van der Waals surface area (Å²) in [4.78, 5) is 14.7. The van der Waals surface area contributed by atoms with E-state index in [4.69, 9.17) is 9.97 Å². The minimum Gasteiger partial charge on any atom is -0.341 e. The van der Waals surface area contributed by atoms with Crippen molar-refractivity contribution in [3.63, 3.8) is 0 Å². The average molecular weight is 353 g/mol. The van der Waals surface area contributed by atoms with Crippen molar-refractivity contribution in [2.45, 2.75) is 70.9 Å². The van der Waals surface area contributed by atoms with Crippen molar-refractivity contribution in [2.75, 3.05) is 22.9 Å². The Bertz CT molecular complexity index is 802. The van der Waals surface area contributed by atoms with Gasteiger partial charge in [-0.05, 0) is 39.0 Å². The molecule has 1 unspecified atom stereocenters. The van der Waals surface area contributed by atoms with Gasteiger partial charge in [-0.3, -0.25) is 4.57 Å². The molecule has 1 saturated heterocycles. The van der Waals surface area contributed by atoms with Gasteiger partial charge in [0.05, 0.1) is 12.2 Å². The minimum atomic E-state index is 0.244. The monoisotopic (exact) mass is 353 g/mol. The van der Waals surface area contributed by atoms with Crippen molar-refractivity contribution in [3.8, 4) is 5.69 Å².